The topological polar surface area (TPSA) is 90.4 Å². The Morgan fingerprint density at radius 2 is 2.20 bits per heavy atom. The van der Waals surface area contributed by atoms with Crippen molar-refractivity contribution in [3.63, 3.8) is 0 Å². The highest BCUT2D eigenvalue weighted by molar-refractivity contribution is 5.62. The maximum Gasteiger partial charge on any atom is 0.273 e. The molecule has 0 aromatic heterocycles. The molecule has 0 heterocycles. The molecule has 6 heteroatoms. The van der Waals surface area contributed by atoms with Gasteiger partial charge in [0.05, 0.1) is 11.0 Å². The number of hydrogen-bond donors (Lipinski definition) is 2. The number of nitrogens with two attached hydrogens (primary N) is 1. The summed E-state index contributed by atoms with van der Waals surface area (Å²) >= 11 is 0. The van der Waals surface area contributed by atoms with E-state index in [4.69, 9.17) is 10.5 Å². The molecule has 1 aromatic rings. The number of nitro groups is 1. The maximum atomic E-state index is 10.8. The standard InChI is InChI=1S/C14H21N3O3/c1-4-20-13-8-12(14(13,2)3)16-10-5-9(15)6-11(7-10)17(18)19/h5-7,12-13,16H,4,8,15H2,1-3H3. The van der Waals surface area contributed by atoms with Crippen molar-refractivity contribution in [2.75, 3.05) is 17.7 Å². The van der Waals surface area contributed by atoms with Gasteiger partial charge in [0.2, 0.25) is 0 Å². The molecule has 1 aliphatic carbocycles. The van der Waals surface area contributed by atoms with Crippen LogP contribution >= 0.6 is 0 Å². The number of anilines is 2. The maximum absolute atomic E-state index is 10.8. The molecule has 0 radical (unpaired) electrons. The summed E-state index contributed by atoms with van der Waals surface area (Å²) in [7, 11) is 0. The van der Waals surface area contributed by atoms with E-state index in [1.807, 2.05) is 6.92 Å². The fraction of sp³-hybridized carbons (Fsp3) is 0.571. The molecule has 20 heavy (non-hydrogen) atoms. The van der Waals surface area contributed by atoms with Gasteiger partial charge in [-0.2, -0.15) is 0 Å². The number of ether oxygens (including phenoxy) is 1. The number of rotatable bonds is 5. The number of nitrogen functional groups attached to an aromatic ring is 1. The molecule has 2 unspecified atom stereocenters. The number of nitrogens with one attached hydrogen (secondary N) is 1. The van der Waals surface area contributed by atoms with E-state index in [1.54, 1.807) is 6.07 Å². The second-order valence-corrected chi connectivity index (χ2v) is 5.77. The van der Waals surface area contributed by atoms with Crippen LogP contribution in [0, 0.1) is 15.5 Å². The highest BCUT2D eigenvalue weighted by Crippen LogP contribution is 2.44. The van der Waals surface area contributed by atoms with Gasteiger partial charge in [0.15, 0.2) is 0 Å². The quantitative estimate of drug-likeness (QED) is 0.491. The lowest BCUT2D eigenvalue weighted by Crippen LogP contribution is -2.58. The smallest absolute Gasteiger partial charge is 0.273 e. The Morgan fingerprint density at radius 3 is 2.75 bits per heavy atom. The molecule has 2 atom stereocenters. The van der Waals surface area contributed by atoms with E-state index in [9.17, 15) is 10.1 Å². The minimum absolute atomic E-state index is 0.00457. The van der Waals surface area contributed by atoms with Crippen LogP contribution in [0.4, 0.5) is 17.1 Å². The van der Waals surface area contributed by atoms with Gasteiger partial charge in [-0.05, 0) is 19.4 Å². The summed E-state index contributed by atoms with van der Waals surface area (Å²) < 4.78 is 5.67. The molecular formula is C14H21N3O3. The van der Waals surface area contributed by atoms with E-state index in [1.165, 1.54) is 12.1 Å². The van der Waals surface area contributed by atoms with Crippen LogP contribution < -0.4 is 11.1 Å². The van der Waals surface area contributed by atoms with Crippen molar-refractivity contribution < 1.29 is 9.66 Å². The minimum atomic E-state index is -0.434. The van der Waals surface area contributed by atoms with Crippen molar-refractivity contribution in [1.82, 2.24) is 0 Å². The summed E-state index contributed by atoms with van der Waals surface area (Å²) in [4.78, 5) is 10.4. The first kappa shape index (κ1) is 14.6. The van der Waals surface area contributed by atoms with Gasteiger partial charge in [-0.15, -0.1) is 0 Å². The first-order valence-corrected chi connectivity index (χ1v) is 6.77. The van der Waals surface area contributed by atoms with Gasteiger partial charge in [-0.3, -0.25) is 10.1 Å². The molecule has 0 bridgehead atoms. The van der Waals surface area contributed by atoms with Crippen molar-refractivity contribution in [1.29, 1.82) is 0 Å². The average Bonchev–Trinajstić information content (AvgIpc) is 2.37. The largest absolute Gasteiger partial charge is 0.398 e. The van der Waals surface area contributed by atoms with Gasteiger partial charge in [0, 0.05) is 41.6 Å². The van der Waals surface area contributed by atoms with Crippen LogP contribution in [0.3, 0.4) is 0 Å². The summed E-state index contributed by atoms with van der Waals surface area (Å²) in [6.45, 7) is 6.95. The predicted molar refractivity (Wildman–Crippen MR) is 78.7 cm³/mol. The highest BCUT2D eigenvalue weighted by Gasteiger charge is 2.48. The van der Waals surface area contributed by atoms with E-state index in [0.29, 0.717) is 18.0 Å². The van der Waals surface area contributed by atoms with E-state index in [2.05, 4.69) is 19.2 Å². The summed E-state index contributed by atoms with van der Waals surface area (Å²) in [5.74, 6) is 0. The zero-order chi connectivity index (χ0) is 14.9. The molecule has 110 valence electrons. The minimum Gasteiger partial charge on any atom is -0.398 e. The number of hydrogen-bond acceptors (Lipinski definition) is 5. The molecule has 2 rings (SSSR count). The monoisotopic (exact) mass is 279 g/mol. The first-order valence-electron chi connectivity index (χ1n) is 6.77. The van der Waals surface area contributed by atoms with Crippen LogP contribution in [0.1, 0.15) is 27.2 Å². The van der Waals surface area contributed by atoms with E-state index in [0.717, 1.165) is 6.42 Å². The van der Waals surface area contributed by atoms with Crippen LogP contribution in [-0.2, 0) is 4.74 Å². The van der Waals surface area contributed by atoms with E-state index < -0.39 is 4.92 Å². The molecule has 1 fully saturated rings. The van der Waals surface area contributed by atoms with Gasteiger partial charge in [0.1, 0.15) is 0 Å². The molecule has 1 saturated carbocycles. The van der Waals surface area contributed by atoms with Crippen LogP contribution in [0.15, 0.2) is 18.2 Å². The number of nitro benzene ring substituents is 1. The van der Waals surface area contributed by atoms with Crippen molar-refractivity contribution >= 4 is 17.1 Å². The Hall–Kier alpha value is -1.82. The van der Waals surface area contributed by atoms with Gasteiger partial charge < -0.3 is 15.8 Å². The molecular weight excluding hydrogens is 258 g/mol. The molecule has 3 N–H and O–H groups in total. The van der Waals surface area contributed by atoms with E-state index in [-0.39, 0.29) is 23.2 Å². The first-order chi connectivity index (χ1) is 9.34. The summed E-state index contributed by atoms with van der Waals surface area (Å²) in [6, 6.07) is 4.82. The third-order valence-electron chi connectivity index (χ3n) is 4.04. The Balaban J connectivity index is 2.10. The van der Waals surface area contributed by atoms with Crippen molar-refractivity contribution in [3.05, 3.63) is 28.3 Å². The predicted octanol–water partition coefficient (Wildman–Crippen LogP) is 2.79. The van der Waals surface area contributed by atoms with Crippen molar-refractivity contribution in [2.24, 2.45) is 5.41 Å². The van der Waals surface area contributed by atoms with Crippen molar-refractivity contribution in [3.8, 4) is 0 Å². The van der Waals surface area contributed by atoms with Crippen LogP contribution in [0.5, 0.6) is 0 Å². The summed E-state index contributed by atoms with van der Waals surface area (Å²) in [6.07, 6.45) is 1.12. The molecule has 0 saturated heterocycles. The Morgan fingerprint density at radius 1 is 1.50 bits per heavy atom. The normalized spacial score (nSPS) is 23.9. The molecule has 1 aromatic carbocycles. The SMILES string of the molecule is CCOC1CC(Nc2cc(N)cc([N+](=O)[O-])c2)C1(C)C. The Bertz CT molecular complexity index is 516. The van der Waals surface area contributed by atoms with Crippen LogP contribution in [0.25, 0.3) is 0 Å². The van der Waals surface area contributed by atoms with Crippen LogP contribution in [-0.4, -0.2) is 23.7 Å². The third kappa shape index (κ3) is 2.70. The number of benzene rings is 1. The molecule has 0 amide bonds. The number of nitrogens with zero attached hydrogens (tertiary/aromatic N) is 1. The number of non-ortho nitro benzene ring substituents is 1. The van der Waals surface area contributed by atoms with Crippen molar-refractivity contribution in [2.45, 2.75) is 39.3 Å². The molecule has 6 nitrogen and oxygen atoms in total. The van der Waals surface area contributed by atoms with Crippen LogP contribution in [0.2, 0.25) is 0 Å². The second-order valence-electron chi connectivity index (χ2n) is 5.77. The van der Waals surface area contributed by atoms with Gasteiger partial charge in [-0.25, -0.2) is 0 Å². The lowest BCUT2D eigenvalue weighted by atomic mass is 9.64. The Kier molecular flexibility index (Phi) is 3.85. The lowest BCUT2D eigenvalue weighted by molar-refractivity contribution is -0.384. The fourth-order valence-electron chi connectivity index (χ4n) is 2.64. The molecule has 1 aliphatic rings. The van der Waals surface area contributed by atoms with Gasteiger partial charge in [-0.1, -0.05) is 13.8 Å². The second kappa shape index (κ2) is 5.28. The zero-order valence-corrected chi connectivity index (χ0v) is 12.1. The Labute approximate surface area is 118 Å². The molecule has 0 spiro atoms. The lowest BCUT2D eigenvalue weighted by Gasteiger charge is -2.52. The van der Waals surface area contributed by atoms with Gasteiger partial charge >= 0.3 is 0 Å². The zero-order valence-electron chi connectivity index (χ0n) is 12.1. The highest BCUT2D eigenvalue weighted by atomic mass is 16.6. The summed E-state index contributed by atoms with van der Waals surface area (Å²) in [5.41, 5.74) is 6.78. The average molecular weight is 279 g/mol. The van der Waals surface area contributed by atoms with E-state index >= 15 is 0 Å². The van der Waals surface area contributed by atoms with Gasteiger partial charge in [0.25, 0.3) is 5.69 Å². The summed E-state index contributed by atoms with van der Waals surface area (Å²) in [5, 5.41) is 14.2. The fourth-order valence-corrected chi connectivity index (χ4v) is 2.64. The third-order valence-corrected chi connectivity index (χ3v) is 4.04. The molecule has 0 aliphatic heterocycles.